The van der Waals surface area contributed by atoms with E-state index in [4.69, 9.17) is 19.2 Å². The Morgan fingerprint density at radius 1 is 0.353 bits per heavy atom. The first-order valence-corrected chi connectivity index (χ1v) is 16.1. The molecule has 0 aliphatic rings. The second kappa shape index (κ2) is 10.8. The van der Waals surface area contributed by atoms with Crippen molar-refractivity contribution >= 4 is 65.4 Å². The lowest BCUT2D eigenvalue weighted by Crippen LogP contribution is -1.99. The van der Waals surface area contributed by atoms with Gasteiger partial charge in [-0.2, -0.15) is 0 Å². The van der Waals surface area contributed by atoms with Crippen LogP contribution in [0.3, 0.4) is 0 Å². The molecular formula is C48H31N3. The summed E-state index contributed by atoms with van der Waals surface area (Å²) in [5.41, 5.74) is 1.70. The predicted octanol–water partition coefficient (Wildman–Crippen LogP) is 12.6. The van der Waals surface area contributed by atoms with E-state index in [1.165, 1.54) is 10.6 Å². The van der Waals surface area contributed by atoms with Gasteiger partial charge in [0, 0.05) is 49.3 Å². The molecule has 0 N–H and O–H groups in total. The van der Waals surface area contributed by atoms with Gasteiger partial charge in [-0.05, 0) is 72.1 Å². The van der Waals surface area contributed by atoms with E-state index in [1.807, 2.05) is 24.3 Å². The van der Waals surface area contributed by atoms with Crippen molar-refractivity contribution in [2.24, 2.45) is 0 Å². The highest BCUT2D eigenvalue weighted by atomic mass is 15.0. The summed E-state index contributed by atoms with van der Waals surface area (Å²) in [5, 5.41) is 0.184. The molecule has 3 heteroatoms. The van der Waals surface area contributed by atoms with Gasteiger partial charge in [0.25, 0.3) is 0 Å². The van der Waals surface area contributed by atoms with E-state index >= 15 is 0 Å². The average Bonchev–Trinajstić information content (AvgIpc) is 4.01. The minimum Gasteiger partial charge on any atom is -0.309 e. The standard InChI is InChI=1S/C48H31N3/c1-7-22-42(35(16-1)32-14-13-15-33(30-32)49-43-23-8-2-17-36(43)37-18-3-9-24-44(37)49)51-47-27-12-6-21-40(47)41-31-34(28-29-48(41)51)50-45-25-10-4-19-38(45)39-20-5-11-26-46(39)50/h1-31H/i2D,4D,5D,6D,8D,10D,11D,12D,17D,19D,20D,21D,23D,25D,26D,28D,29D,31D. The Balaban J connectivity index is 1.25. The van der Waals surface area contributed by atoms with Gasteiger partial charge in [-0.1, -0.05) is 121 Å². The van der Waals surface area contributed by atoms with Crippen molar-refractivity contribution in [3.05, 3.63) is 188 Å². The van der Waals surface area contributed by atoms with Gasteiger partial charge in [-0.15, -0.1) is 0 Å². The lowest BCUT2D eigenvalue weighted by atomic mass is 10.0. The Morgan fingerprint density at radius 2 is 0.922 bits per heavy atom. The van der Waals surface area contributed by atoms with Crippen molar-refractivity contribution in [2.45, 2.75) is 0 Å². The van der Waals surface area contributed by atoms with Gasteiger partial charge < -0.3 is 13.7 Å². The van der Waals surface area contributed by atoms with Gasteiger partial charge in [0.05, 0.1) is 63.5 Å². The minimum absolute atomic E-state index is 0.0571. The molecule has 3 aromatic heterocycles. The lowest BCUT2D eigenvalue weighted by Gasteiger charge is -2.16. The van der Waals surface area contributed by atoms with Crippen molar-refractivity contribution < 1.29 is 24.7 Å². The fourth-order valence-electron chi connectivity index (χ4n) is 7.23. The Kier molecular flexibility index (Phi) is 3.36. The minimum atomic E-state index is -0.716. The summed E-state index contributed by atoms with van der Waals surface area (Å²) in [6.07, 6.45) is 0. The van der Waals surface area contributed by atoms with Crippen molar-refractivity contribution in [1.82, 2.24) is 13.7 Å². The largest absolute Gasteiger partial charge is 0.309 e. The van der Waals surface area contributed by atoms with Crippen LogP contribution in [0.1, 0.15) is 24.7 Å². The Bertz CT molecular complexity index is 4110. The molecule has 0 bridgehead atoms. The quantitative estimate of drug-likeness (QED) is 0.177. The van der Waals surface area contributed by atoms with Gasteiger partial charge in [0.15, 0.2) is 0 Å². The second-order valence-electron chi connectivity index (χ2n) is 12.0. The van der Waals surface area contributed by atoms with E-state index in [2.05, 4.69) is 0 Å². The third-order valence-electron chi connectivity index (χ3n) is 9.34. The summed E-state index contributed by atoms with van der Waals surface area (Å²) in [4.78, 5) is 0. The summed E-state index contributed by atoms with van der Waals surface area (Å²) in [6, 6.07) is 13.0. The maximum Gasteiger partial charge on any atom is 0.0652 e. The fourth-order valence-corrected chi connectivity index (χ4v) is 7.23. The zero-order valence-corrected chi connectivity index (χ0v) is 26.3. The average molecular weight is 668 g/mol. The number of nitrogens with zero attached hydrogens (tertiary/aromatic N) is 3. The summed E-state index contributed by atoms with van der Waals surface area (Å²) < 4.78 is 165. The monoisotopic (exact) mass is 667 g/mol. The van der Waals surface area contributed by atoms with E-state index in [0.29, 0.717) is 38.8 Å². The molecule has 0 atom stereocenters. The van der Waals surface area contributed by atoms with Gasteiger partial charge in [-0.3, -0.25) is 0 Å². The highest BCUT2D eigenvalue weighted by molar-refractivity contribution is 6.13. The normalized spacial score (nSPS) is 16.9. The van der Waals surface area contributed by atoms with E-state index in [1.54, 1.807) is 53.1 Å². The fraction of sp³-hybridized carbons (Fsp3) is 0. The van der Waals surface area contributed by atoms with Gasteiger partial charge >= 0.3 is 0 Å². The molecule has 3 heterocycles. The lowest BCUT2D eigenvalue weighted by molar-refractivity contribution is 1.16. The molecular weight excluding hydrogens is 619 g/mol. The number of hydrogen-bond acceptors (Lipinski definition) is 0. The van der Waals surface area contributed by atoms with Crippen LogP contribution in [-0.4, -0.2) is 13.7 Å². The predicted molar refractivity (Wildman–Crippen MR) is 215 cm³/mol. The summed E-state index contributed by atoms with van der Waals surface area (Å²) in [5.74, 6) is 0. The van der Waals surface area contributed by atoms with Crippen molar-refractivity contribution in [3.8, 4) is 28.2 Å². The van der Waals surface area contributed by atoms with Gasteiger partial charge in [0.2, 0.25) is 0 Å². The summed E-state index contributed by atoms with van der Waals surface area (Å²) >= 11 is 0. The van der Waals surface area contributed by atoms with Crippen LogP contribution < -0.4 is 0 Å². The van der Waals surface area contributed by atoms with Crippen LogP contribution in [0.5, 0.6) is 0 Å². The summed E-state index contributed by atoms with van der Waals surface area (Å²) in [6.45, 7) is 0. The van der Waals surface area contributed by atoms with Crippen molar-refractivity contribution in [3.63, 3.8) is 0 Å². The number of benzene rings is 8. The van der Waals surface area contributed by atoms with Gasteiger partial charge in [-0.25, -0.2) is 0 Å². The Labute approximate surface area is 319 Å². The molecule has 0 aliphatic heterocycles. The molecule has 11 rings (SSSR count). The van der Waals surface area contributed by atoms with Crippen molar-refractivity contribution in [1.29, 1.82) is 0 Å². The highest BCUT2D eigenvalue weighted by Gasteiger charge is 2.19. The molecule has 238 valence electrons. The molecule has 8 aromatic carbocycles. The highest BCUT2D eigenvalue weighted by Crippen LogP contribution is 2.40. The van der Waals surface area contributed by atoms with Crippen LogP contribution >= 0.6 is 0 Å². The molecule has 0 aliphatic carbocycles. The zero-order chi connectivity index (χ0) is 49.1. The number of aromatic nitrogens is 3. The molecule has 3 nitrogen and oxygen atoms in total. The SMILES string of the molecule is [2H]c1cc2c(c([2H])c1[2H])c1c([2H])c(-n3c4c([2H])c([2H])c([2H])c([2H])c4c4c([2H])c([2H])c([2H])c([2H])c43)c([2H])c([2H])c1n2-c1ccccc1-c1cccc(-n2c3ccccc3c3c([2H])c([2H])c([2H])c([2H])c32)c1. The van der Waals surface area contributed by atoms with Crippen molar-refractivity contribution in [2.75, 3.05) is 0 Å². The maximum absolute atomic E-state index is 9.97. The molecule has 0 unspecified atom stereocenters. The van der Waals surface area contributed by atoms with Crippen LogP contribution in [0.2, 0.25) is 0 Å². The molecule has 0 fully saturated rings. The van der Waals surface area contributed by atoms with Crippen LogP contribution in [0.4, 0.5) is 0 Å². The molecule has 0 saturated carbocycles. The topological polar surface area (TPSA) is 14.8 Å². The van der Waals surface area contributed by atoms with E-state index in [0.717, 1.165) is 4.57 Å². The van der Waals surface area contributed by atoms with Crippen LogP contribution in [0.15, 0.2) is 188 Å². The number of hydrogen-bond donors (Lipinski definition) is 0. The molecule has 0 saturated heterocycles. The molecule has 51 heavy (non-hydrogen) atoms. The Hall–Kier alpha value is -6.84. The first-order valence-electron chi connectivity index (χ1n) is 25.1. The van der Waals surface area contributed by atoms with Gasteiger partial charge in [0.1, 0.15) is 0 Å². The maximum atomic E-state index is 9.97. The molecule has 0 radical (unpaired) electrons. The first-order chi connectivity index (χ1) is 32.8. The molecule has 0 spiro atoms. The number of rotatable bonds is 4. The van der Waals surface area contributed by atoms with Crippen LogP contribution in [0.25, 0.3) is 93.6 Å². The molecule has 11 aromatic rings. The number of fused-ring (bicyclic) bond motifs is 9. The summed E-state index contributed by atoms with van der Waals surface area (Å²) in [7, 11) is 0. The smallest absolute Gasteiger partial charge is 0.0652 e. The third-order valence-corrected chi connectivity index (χ3v) is 9.34. The molecule has 0 amide bonds. The zero-order valence-electron chi connectivity index (χ0n) is 44.3. The van der Waals surface area contributed by atoms with Crippen LogP contribution in [0, 0.1) is 0 Å². The van der Waals surface area contributed by atoms with E-state index in [-0.39, 0.29) is 73.3 Å². The van der Waals surface area contributed by atoms with E-state index < -0.39 is 90.3 Å². The third kappa shape index (κ3) is 4.06. The van der Waals surface area contributed by atoms with E-state index in [9.17, 15) is 5.48 Å². The number of para-hydroxylation sites is 6. The van der Waals surface area contributed by atoms with Crippen LogP contribution in [-0.2, 0) is 0 Å². The Morgan fingerprint density at radius 3 is 1.69 bits per heavy atom. The second-order valence-corrected chi connectivity index (χ2v) is 12.0. The first kappa shape index (κ1) is 15.8.